The maximum Gasteiger partial charge on any atom is 0.329 e. The fourth-order valence-electron chi connectivity index (χ4n) is 2.54. The van der Waals surface area contributed by atoms with Crippen LogP contribution in [0.25, 0.3) is 0 Å². The van der Waals surface area contributed by atoms with Gasteiger partial charge in [0.25, 0.3) is 0 Å². The Morgan fingerprint density at radius 1 is 1.29 bits per heavy atom. The molecule has 1 aliphatic rings. The van der Waals surface area contributed by atoms with Crippen LogP contribution in [0.5, 0.6) is 0 Å². The van der Waals surface area contributed by atoms with Crippen LogP contribution in [0.1, 0.15) is 33.1 Å². The highest BCUT2D eigenvalue weighted by molar-refractivity contribution is 8.00. The van der Waals surface area contributed by atoms with Crippen molar-refractivity contribution in [2.75, 3.05) is 18.1 Å². The van der Waals surface area contributed by atoms with Gasteiger partial charge in [-0.2, -0.15) is 0 Å². The summed E-state index contributed by atoms with van der Waals surface area (Å²) < 4.78 is 5.35. The molecule has 0 radical (unpaired) electrons. The van der Waals surface area contributed by atoms with Crippen molar-refractivity contribution in [2.45, 2.75) is 49.4 Å². The molecule has 1 heterocycles. The Hall–Kier alpha value is -1.14. The van der Waals surface area contributed by atoms with E-state index < -0.39 is 6.04 Å². The highest BCUT2D eigenvalue weighted by Crippen LogP contribution is 2.33. The number of ether oxygens (including phenoxy) is 1. The standard InChI is InChI=1S/C18H25NO3S2/c1-3-5-11-22-18(21)15-12-24-17(4-2)19(15)16(20)13-23-14-9-7-6-8-10-14/h6-10,15,17H,3-5,11-13H2,1-2H3. The van der Waals surface area contributed by atoms with E-state index in [4.69, 9.17) is 4.74 Å². The van der Waals surface area contributed by atoms with Crippen LogP contribution >= 0.6 is 23.5 Å². The molecule has 2 atom stereocenters. The summed E-state index contributed by atoms with van der Waals surface area (Å²) in [4.78, 5) is 27.9. The van der Waals surface area contributed by atoms with Crippen molar-refractivity contribution < 1.29 is 14.3 Å². The summed E-state index contributed by atoms with van der Waals surface area (Å²) in [5.41, 5.74) is 0. The van der Waals surface area contributed by atoms with E-state index in [9.17, 15) is 9.59 Å². The number of esters is 1. The summed E-state index contributed by atoms with van der Waals surface area (Å²) in [6.45, 7) is 4.55. The van der Waals surface area contributed by atoms with Crippen molar-refractivity contribution in [3.63, 3.8) is 0 Å². The van der Waals surface area contributed by atoms with Gasteiger partial charge in [0, 0.05) is 10.6 Å². The molecule has 0 bridgehead atoms. The molecule has 1 aromatic carbocycles. The number of carbonyl (C=O) groups excluding carboxylic acids is 2. The summed E-state index contributed by atoms with van der Waals surface area (Å²) in [6.07, 6.45) is 2.69. The van der Waals surface area contributed by atoms with Crippen LogP contribution in [0.4, 0.5) is 0 Å². The summed E-state index contributed by atoms with van der Waals surface area (Å²) in [6, 6.07) is 9.41. The second-order valence-corrected chi connectivity index (χ2v) is 7.90. The summed E-state index contributed by atoms with van der Waals surface area (Å²) >= 11 is 3.18. The van der Waals surface area contributed by atoms with E-state index in [-0.39, 0.29) is 17.3 Å². The zero-order valence-electron chi connectivity index (χ0n) is 14.3. The number of thioether (sulfide) groups is 2. The number of amides is 1. The molecule has 1 saturated heterocycles. The number of rotatable bonds is 8. The Balaban J connectivity index is 1.96. The van der Waals surface area contributed by atoms with Crippen molar-refractivity contribution >= 4 is 35.4 Å². The van der Waals surface area contributed by atoms with Gasteiger partial charge in [-0.3, -0.25) is 4.79 Å². The minimum absolute atomic E-state index is 0.0122. The minimum atomic E-state index is -0.444. The third kappa shape index (κ3) is 5.18. The van der Waals surface area contributed by atoms with Gasteiger partial charge in [0.2, 0.25) is 5.91 Å². The largest absolute Gasteiger partial charge is 0.464 e. The first-order chi connectivity index (χ1) is 11.7. The molecule has 6 heteroatoms. The summed E-state index contributed by atoms with van der Waals surface area (Å²) in [5.74, 6) is 0.730. The third-order valence-corrected chi connectivity index (χ3v) is 6.30. The van der Waals surface area contributed by atoms with Gasteiger partial charge in [-0.25, -0.2) is 4.79 Å². The van der Waals surface area contributed by atoms with Gasteiger partial charge in [0.1, 0.15) is 6.04 Å². The zero-order valence-corrected chi connectivity index (χ0v) is 15.9. The topological polar surface area (TPSA) is 46.6 Å². The van der Waals surface area contributed by atoms with Gasteiger partial charge >= 0.3 is 5.97 Å². The molecule has 2 rings (SSSR count). The first kappa shape index (κ1) is 19.2. The maximum atomic E-state index is 12.7. The molecule has 0 N–H and O–H groups in total. The molecule has 0 saturated carbocycles. The van der Waals surface area contributed by atoms with E-state index in [1.807, 2.05) is 37.3 Å². The van der Waals surface area contributed by atoms with Gasteiger partial charge in [0.15, 0.2) is 0 Å². The molecule has 1 aliphatic heterocycles. The quantitative estimate of drug-likeness (QED) is 0.397. The van der Waals surface area contributed by atoms with Crippen molar-refractivity contribution in [1.29, 1.82) is 0 Å². The van der Waals surface area contributed by atoms with E-state index in [2.05, 4.69) is 6.92 Å². The van der Waals surface area contributed by atoms with Gasteiger partial charge in [-0.05, 0) is 25.0 Å². The predicted molar refractivity (Wildman–Crippen MR) is 100 cm³/mol. The first-order valence-corrected chi connectivity index (χ1v) is 10.5. The van der Waals surface area contributed by atoms with E-state index in [1.54, 1.807) is 16.7 Å². The van der Waals surface area contributed by atoms with E-state index in [0.717, 1.165) is 24.2 Å². The number of unbranched alkanes of at least 4 members (excludes halogenated alkanes) is 1. The Kier molecular flexibility index (Phi) is 7.99. The van der Waals surface area contributed by atoms with Gasteiger partial charge in [-0.1, -0.05) is 38.5 Å². The number of nitrogens with zero attached hydrogens (tertiary/aromatic N) is 1. The lowest BCUT2D eigenvalue weighted by atomic mass is 10.2. The monoisotopic (exact) mass is 367 g/mol. The Bertz CT molecular complexity index is 538. The van der Waals surface area contributed by atoms with E-state index in [0.29, 0.717) is 18.1 Å². The predicted octanol–water partition coefficient (Wildman–Crippen LogP) is 3.80. The Morgan fingerprint density at radius 3 is 2.71 bits per heavy atom. The molecule has 4 nitrogen and oxygen atoms in total. The molecule has 1 aromatic rings. The van der Waals surface area contributed by atoms with Crippen LogP contribution in [0.3, 0.4) is 0 Å². The van der Waals surface area contributed by atoms with Crippen LogP contribution in [0, 0.1) is 0 Å². The van der Waals surface area contributed by atoms with Crippen molar-refractivity contribution in [1.82, 2.24) is 4.90 Å². The van der Waals surface area contributed by atoms with Crippen LogP contribution in [0.2, 0.25) is 0 Å². The van der Waals surface area contributed by atoms with Crippen LogP contribution in [0.15, 0.2) is 35.2 Å². The molecule has 24 heavy (non-hydrogen) atoms. The normalized spacial score (nSPS) is 20.2. The molecule has 0 aliphatic carbocycles. The molecular weight excluding hydrogens is 342 g/mol. The number of carbonyl (C=O) groups is 2. The van der Waals surface area contributed by atoms with Crippen LogP contribution < -0.4 is 0 Å². The first-order valence-electron chi connectivity index (χ1n) is 8.44. The molecule has 0 aromatic heterocycles. The minimum Gasteiger partial charge on any atom is -0.464 e. The van der Waals surface area contributed by atoms with E-state index in [1.165, 1.54) is 11.8 Å². The van der Waals surface area contributed by atoms with Gasteiger partial charge < -0.3 is 9.64 Å². The SMILES string of the molecule is CCCCOC(=O)C1CSC(CC)N1C(=O)CSc1ccccc1. The van der Waals surface area contributed by atoms with Crippen molar-refractivity contribution in [2.24, 2.45) is 0 Å². The summed E-state index contributed by atoms with van der Waals surface area (Å²) in [7, 11) is 0. The lowest BCUT2D eigenvalue weighted by molar-refractivity contribution is -0.153. The molecular formula is C18H25NO3S2. The summed E-state index contributed by atoms with van der Waals surface area (Å²) in [5, 5.41) is 0.0672. The average Bonchev–Trinajstić information content (AvgIpc) is 3.05. The molecule has 132 valence electrons. The third-order valence-electron chi connectivity index (χ3n) is 3.85. The molecule has 1 amide bonds. The average molecular weight is 368 g/mol. The number of hydrogen-bond acceptors (Lipinski definition) is 5. The molecule has 0 spiro atoms. The van der Waals surface area contributed by atoms with Gasteiger partial charge in [0.05, 0.1) is 17.7 Å². The second kappa shape index (κ2) is 9.99. The number of hydrogen-bond donors (Lipinski definition) is 0. The molecule has 1 fully saturated rings. The number of benzene rings is 1. The van der Waals surface area contributed by atoms with Crippen molar-refractivity contribution in [3.8, 4) is 0 Å². The fraction of sp³-hybridized carbons (Fsp3) is 0.556. The van der Waals surface area contributed by atoms with Gasteiger partial charge in [-0.15, -0.1) is 23.5 Å². The van der Waals surface area contributed by atoms with Crippen LogP contribution in [-0.2, 0) is 14.3 Å². The van der Waals surface area contributed by atoms with Crippen molar-refractivity contribution in [3.05, 3.63) is 30.3 Å². The zero-order chi connectivity index (χ0) is 17.4. The lowest BCUT2D eigenvalue weighted by Gasteiger charge is -2.27. The molecule has 2 unspecified atom stereocenters. The van der Waals surface area contributed by atoms with Crippen LogP contribution in [-0.4, -0.2) is 46.3 Å². The van der Waals surface area contributed by atoms with E-state index >= 15 is 0 Å². The highest BCUT2D eigenvalue weighted by atomic mass is 32.2. The maximum absolute atomic E-state index is 12.7. The second-order valence-electron chi connectivity index (χ2n) is 5.64. The Morgan fingerprint density at radius 2 is 2.04 bits per heavy atom. The lowest BCUT2D eigenvalue weighted by Crippen LogP contribution is -2.47. The smallest absolute Gasteiger partial charge is 0.329 e. The highest BCUT2D eigenvalue weighted by Gasteiger charge is 2.41. The fourth-order valence-corrected chi connectivity index (χ4v) is 4.69. The Labute approximate surface area is 152 Å².